The number of cyclic esters (lactones) is 2. The number of fused-ring (bicyclic) bond motifs is 3. The van der Waals surface area contributed by atoms with Crippen molar-refractivity contribution >= 4 is 75.1 Å². The summed E-state index contributed by atoms with van der Waals surface area (Å²) in [6, 6.07) is 32.2. The molecule has 0 amide bonds. The fraction of sp³-hybridized carbons (Fsp3) is 0.233. The molecule has 0 atom stereocenters. The third-order valence-corrected chi connectivity index (χ3v) is 14.5. The molecule has 0 saturated carbocycles. The van der Waals surface area contributed by atoms with Crippen LogP contribution in [0.1, 0.15) is 117 Å². The van der Waals surface area contributed by atoms with E-state index in [2.05, 4.69) is 61.3 Å². The smallest absolute Gasteiger partial charge is 0.338 e. The first-order valence-corrected chi connectivity index (χ1v) is 31.1. The number of allylic oxidation sites excluding steroid dienone is 1. The molecule has 13 rings (SSSR count). The fourth-order valence-electron chi connectivity index (χ4n) is 10.4. The molecule has 6 aromatic carbocycles. The summed E-state index contributed by atoms with van der Waals surface area (Å²) in [5.74, 6) is 1.60. The lowest BCUT2D eigenvalue weighted by Gasteiger charge is -2.11. The van der Waals surface area contributed by atoms with Gasteiger partial charge in [-0.3, -0.25) is 24.0 Å². The Balaban J connectivity index is 0.000000162. The van der Waals surface area contributed by atoms with E-state index < -0.39 is 23.9 Å². The second-order valence-corrected chi connectivity index (χ2v) is 23.2. The van der Waals surface area contributed by atoms with Crippen molar-refractivity contribution < 1.29 is 75.9 Å². The highest BCUT2D eigenvalue weighted by Gasteiger charge is 2.28. The summed E-state index contributed by atoms with van der Waals surface area (Å²) in [7, 11) is 0. The van der Waals surface area contributed by atoms with Crippen LogP contribution in [0.3, 0.4) is 0 Å². The Hall–Kier alpha value is -12.5. The molecule has 0 unspecified atom stereocenters. The molecule has 3 aliphatic carbocycles. The van der Waals surface area contributed by atoms with Gasteiger partial charge >= 0.3 is 23.9 Å². The van der Waals surface area contributed by atoms with Crippen molar-refractivity contribution in [1.82, 2.24) is 30.4 Å². The van der Waals surface area contributed by atoms with Crippen LogP contribution < -0.4 is 14.2 Å². The number of aliphatic carboxylic acids is 1. The molecule has 99 heavy (non-hydrogen) atoms. The number of aromatic nitrogens is 6. The maximum absolute atomic E-state index is 12.0. The number of nitrogens with zero attached hydrogens (tertiary/aromatic N) is 9. The van der Waals surface area contributed by atoms with Crippen LogP contribution in [0, 0.1) is 19.7 Å². The summed E-state index contributed by atoms with van der Waals surface area (Å²) in [6.07, 6.45) is 6.27. The van der Waals surface area contributed by atoms with Gasteiger partial charge in [0.2, 0.25) is 39.8 Å². The lowest BCUT2D eigenvalue weighted by molar-refractivity contribution is -0.150. The van der Waals surface area contributed by atoms with Crippen LogP contribution in [-0.4, -0.2) is 94.5 Å². The van der Waals surface area contributed by atoms with Gasteiger partial charge in [0.25, 0.3) is 17.7 Å². The number of ether oxygens (including phenoxy) is 5. The fourth-order valence-corrected chi connectivity index (χ4v) is 10.4. The second kappa shape index (κ2) is 32.3. The Morgan fingerprint density at radius 2 is 0.869 bits per heavy atom. The van der Waals surface area contributed by atoms with Gasteiger partial charge in [-0.2, -0.15) is 15.0 Å². The zero-order chi connectivity index (χ0) is 71.0. The predicted octanol–water partition coefficient (Wildman–Crippen LogP) is 15.2. The van der Waals surface area contributed by atoms with Crippen LogP contribution in [0.25, 0.3) is 88.8 Å². The average molecular weight is 1350 g/mol. The van der Waals surface area contributed by atoms with Gasteiger partial charge in [-0.05, 0) is 150 Å². The molecule has 26 heteroatoms. The second-order valence-electron chi connectivity index (χ2n) is 22.7. The number of rotatable bonds is 16. The molecular formula is C73H60ClN9O16. The van der Waals surface area contributed by atoms with Crippen molar-refractivity contribution in [3.8, 4) is 85.8 Å². The number of hydrogen-bond acceptors (Lipinski definition) is 21. The van der Waals surface area contributed by atoms with Crippen LogP contribution >= 0.6 is 11.6 Å². The van der Waals surface area contributed by atoms with E-state index in [1.807, 2.05) is 90.1 Å². The van der Waals surface area contributed by atoms with E-state index in [9.17, 15) is 33.6 Å². The Morgan fingerprint density at radius 1 is 0.515 bits per heavy atom. The van der Waals surface area contributed by atoms with E-state index >= 15 is 0 Å². The molecule has 4 aliphatic rings. The van der Waals surface area contributed by atoms with Crippen molar-refractivity contribution in [3.05, 3.63) is 195 Å². The SMILES string of the molecule is CC(=O)Cl.O=C1C=CC(=O)O1.[C-]#[N+]c1cc(-c2nc(-c3cccc4c3CC=C4OC(=O)CCC(=O)O)no2)ccc1OC(C)C.[C-]#[N+]c1cc(-c2nc(-c3cccc4c3CCC4=O)no2)ccc1OC(C)C.[C-]#[N+]c1cc(-c2nc(-c3cccc4c3CCC4=O)no2)ccc1OC(C)C. The number of Topliss-reactive ketones (excluding diaryl/α,β-unsaturated/α-hetero) is 2. The molecule has 0 spiro atoms. The van der Waals surface area contributed by atoms with E-state index in [4.69, 9.17) is 57.3 Å². The number of carbonyl (C=O) groups is 7. The molecule has 1 aliphatic heterocycles. The Morgan fingerprint density at radius 3 is 1.20 bits per heavy atom. The van der Waals surface area contributed by atoms with E-state index in [0.29, 0.717) is 118 Å². The third-order valence-electron chi connectivity index (χ3n) is 14.5. The molecule has 4 heterocycles. The van der Waals surface area contributed by atoms with Crippen molar-refractivity contribution in [2.24, 2.45) is 0 Å². The predicted molar refractivity (Wildman–Crippen MR) is 358 cm³/mol. The van der Waals surface area contributed by atoms with Gasteiger partial charge in [0.15, 0.2) is 11.6 Å². The minimum absolute atomic E-state index is 0.0192. The highest BCUT2D eigenvalue weighted by molar-refractivity contribution is 6.62. The molecule has 25 nitrogen and oxygen atoms in total. The number of hydrogen-bond donors (Lipinski definition) is 1. The van der Waals surface area contributed by atoms with Gasteiger partial charge < -0.3 is 42.4 Å². The number of benzene rings is 6. The molecular weight excluding hydrogens is 1290 g/mol. The lowest BCUT2D eigenvalue weighted by atomic mass is 10.0. The van der Waals surface area contributed by atoms with Crippen LogP contribution in [-0.2, 0) is 52.7 Å². The van der Waals surface area contributed by atoms with Crippen LogP contribution in [0.4, 0.5) is 17.1 Å². The van der Waals surface area contributed by atoms with Gasteiger partial charge in [0.05, 0.1) is 50.9 Å². The number of carbonyl (C=O) groups excluding carboxylic acids is 6. The topological polar surface area (TPSA) is 316 Å². The third kappa shape index (κ3) is 17.9. The van der Waals surface area contributed by atoms with Crippen LogP contribution in [0.5, 0.6) is 17.2 Å². The first kappa shape index (κ1) is 70.8. The van der Waals surface area contributed by atoms with E-state index in [1.165, 1.54) is 6.92 Å². The van der Waals surface area contributed by atoms with Crippen molar-refractivity contribution in [2.75, 3.05) is 0 Å². The first-order valence-electron chi connectivity index (χ1n) is 30.7. The van der Waals surface area contributed by atoms with E-state index in [0.717, 1.165) is 62.2 Å². The van der Waals surface area contributed by atoms with Crippen molar-refractivity contribution in [3.63, 3.8) is 0 Å². The quantitative estimate of drug-likeness (QED) is 0.0406. The molecule has 3 aromatic heterocycles. The maximum Gasteiger partial charge on any atom is 0.338 e. The largest absolute Gasteiger partial charge is 0.502 e. The summed E-state index contributed by atoms with van der Waals surface area (Å²) in [4.78, 5) is 99.7. The number of carboxylic acids is 1. The van der Waals surface area contributed by atoms with Crippen LogP contribution in [0.15, 0.2) is 141 Å². The Kier molecular flexibility index (Phi) is 23.1. The summed E-state index contributed by atoms with van der Waals surface area (Å²) in [5, 5.41) is 20.7. The number of carboxylic acid groups (broad SMARTS) is 1. The summed E-state index contributed by atoms with van der Waals surface area (Å²) in [6.45, 7) is 34.9. The van der Waals surface area contributed by atoms with Gasteiger partial charge in [0.1, 0.15) is 23.0 Å². The highest BCUT2D eigenvalue weighted by atomic mass is 35.5. The van der Waals surface area contributed by atoms with Gasteiger partial charge in [-0.1, -0.05) is 70.1 Å². The first-order chi connectivity index (χ1) is 47.5. The van der Waals surface area contributed by atoms with Crippen molar-refractivity contribution in [1.29, 1.82) is 0 Å². The molecule has 0 fully saturated rings. The molecule has 500 valence electrons. The molecule has 0 bridgehead atoms. The average Bonchev–Trinajstić information content (AvgIpc) is 1.67. The summed E-state index contributed by atoms with van der Waals surface area (Å²) < 4.78 is 42.6. The highest BCUT2D eigenvalue weighted by Crippen LogP contribution is 2.40. The molecule has 1 N–H and O–H groups in total. The standard InChI is InChI=1S/C25H21N3O6.2C21H17N3O3.C4H2O3.C2H3ClO/c1-14(2)32-21-9-7-15(13-19(21)26-3)25-27-24(28-34-25)18-6-4-5-17-16(18)8-10-20(17)33-23(31)12-11-22(29)30;2*1-12(2)26-19-10-7-13(11-17(19)22-3)21-23-20(24-27-21)16-6-4-5-15-14(16)8-9-18(15)25;5-3-1-2-4(6)7-3;1-2(3)4/h4-7,9-10,13-14H,8,11-12H2,1-2H3,(H,29,30);2*4-7,10-12H,8-9H2,1-2H3;1-2H;1H3. The van der Waals surface area contributed by atoms with Gasteiger partial charge in [-0.25, -0.2) is 24.1 Å². The zero-order valence-electron chi connectivity index (χ0n) is 54.3. The normalized spacial score (nSPS) is 12.7. The Labute approximate surface area is 571 Å². The van der Waals surface area contributed by atoms with E-state index in [1.54, 1.807) is 66.7 Å². The van der Waals surface area contributed by atoms with E-state index in [-0.39, 0.29) is 53.9 Å². The monoisotopic (exact) mass is 1350 g/mol. The van der Waals surface area contributed by atoms with Crippen molar-refractivity contribution in [2.45, 2.75) is 112 Å². The Bertz CT molecular complexity index is 4630. The molecule has 0 radical (unpaired) electrons. The molecule has 0 saturated heterocycles. The maximum atomic E-state index is 12.0. The number of esters is 3. The van der Waals surface area contributed by atoms with Gasteiger partial charge in [0, 0.05) is 82.0 Å². The lowest BCUT2D eigenvalue weighted by Crippen LogP contribution is -2.06. The van der Waals surface area contributed by atoms with Gasteiger partial charge in [-0.15, -0.1) is 0 Å². The zero-order valence-corrected chi connectivity index (χ0v) is 55.0. The number of halogens is 1. The summed E-state index contributed by atoms with van der Waals surface area (Å²) >= 11 is 4.64. The van der Waals surface area contributed by atoms with Crippen LogP contribution in [0.2, 0.25) is 0 Å². The number of ketones is 2. The minimum Gasteiger partial charge on any atom is -0.502 e. The molecule has 9 aromatic rings. The summed E-state index contributed by atoms with van der Waals surface area (Å²) in [5.41, 5.74) is 10.4. The minimum atomic E-state index is -1.06.